The number of benzene rings is 1. The summed E-state index contributed by atoms with van der Waals surface area (Å²) in [5.41, 5.74) is 2.02. The van der Waals surface area contributed by atoms with Gasteiger partial charge in [-0.3, -0.25) is 9.59 Å². The molecule has 2 N–H and O–H groups in total. The molecule has 1 aliphatic rings. The third kappa shape index (κ3) is 3.54. The van der Waals surface area contributed by atoms with E-state index in [1.807, 2.05) is 31.2 Å². The highest BCUT2D eigenvalue weighted by Crippen LogP contribution is 2.14. The molecular formula is C14H17NO4. The van der Waals surface area contributed by atoms with Crippen LogP contribution in [0.4, 0.5) is 0 Å². The van der Waals surface area contributed by atoms with Gasteiger partial charge in [-0.05, 0) is 12.5 Å². The van der Waals surface area contributed by atoms with Crippen molar-refractivity contribution in [1.82, 2.24) is 5.32 Å². The minimum absolute atomic E-state index is 0.157. The van der Waals surface area contributed by atoms with Gasteiger partial charge in [0.25, 0.3) is 0 Å². The average Bonchev–Trinajstić information content (AvgIpc) is 2.76. The van der Waals surface area contributed by atoms with E-state index < -0.39 is 17.9 Å². The Hall–Kier alpha value is -1.88. The first kappa shape index (κ1) is 13.5. The zero-order chi connectivity index (χ0) is 13.8. The summed E-state index contributed by atoms with van der Waals surface area (Å²) in [5.74, 6) is -1.76. The first-order chi connectivity index (χ1) is 9.06. The maximum absolute atomic E-state index is 11.9. The summed E-state index contributed by atoms with van der Waals surface area (Å²) in [6.45, 7) is 2.38. The Morgan fingerprint density at radius 3 is 2.89 bits per heavy atom. The Balaban J connectivity index is 1.92. The third-order valence-corrected chi connectivity index (χ3v) is 3.19. The van der Waals surface area contributed by atoms with Gasteiger partial charge in [-0.1, -0.05) is 29.8 Å². The van der Waals surface area contributed by atoms with E-state index in [0.29, 0.717) is 0 Å². The summed E-state index contributed by atoms with van der Waals surface area (Å²) in [7, 11) is 0. The molecule has 102 valence electrons. The molecule has 5 nitrogen and oxygen atoms in total. The molecule has 0 aromatic heterocycles. The molecule has 5 heteroatoms. The van der Waals surface area contributed by atoms with Gasteiger partial charge in [0.2, 0.25) is 5.91 Å². The van der Waals surface area contributed by atoms with Gasteiger partial charge >= 0.3 is 5.97 Å². The average molecular weight is 263 g/mol. The number of carboxylic acids is 1. The highest BCUT2D eigenvalue weighted by Gasteiger charge is 2.34. The highest BCUT2D eigenvalue weighted by atomic mass is 16.5. The predicted molar refractivity (Wildman–Crippen MR) is 68.8 cm³/mol. The Morgan fingerprint density at radius 2 is 2.21 bits per heavy atom. The molecule has 0 aliphatic carbocycles. The molecule has 0 spiro atoms. The molecule has 0 saturated carbocycles. The number of carbonyl (C=O) groups is 2. The van der Waals surface area contributed by atoms with Crippen molar-refractivity contribution in [2.75, 3.05) is 13.2 Å². The Kier molecular flexibility index (Phi) is 4.16. The van der Waals surface area contributed by atoms with Crippen LogP contribution in [0.25, 0.3) is 0 Å². The van der Waals surface area contributed by atoms with E-state index in [1.165, 1.54) is 0 Å². The molecule has 0 bridgehead atoms. The van der Waals surface area contributed by atoms with Gasteiger partial charge in [0.1, 0.15) is 5.92 Å². The summed E-state index contributed by atoms with van der Waals surface area (Å²) in [5, 5.41) is 11.7. The lowest BCUT2D eigenvalue weighted by Crippen LogP contribution is -2.43. The van der Waals surface area contributed by atoms with Gasteiger partial charge in [0, 0.05) is 0 Å². The quantitative estimate of drug-likeness (QED) is 0.840. The van der Waals surface area contributed by atoms with Crippen LogP contribution in [0.2, 0.25) is 0 Å². The minimum Gasteiger partial charge on any atom is -0.481 e. The van der Waals surface area contributed by atoms with Crippen LogP contribution < -0.4 is 5.32 Å². The van der Waals surface area contributed by atoms with Crippen LogP contribution in [-0.4, -0.2) is 36.2 Å². The first-order valence-electron chi connectivity index (χ1n) is 6.21. The van der Waals surface area contributed by atoms with Gasteiger partial charge in [-0.25, -0.2) is 0 Å². The van der Waals surface area contributed by atoms with Crippen LogP contribution in [0.5, 0.6) is 0 Å². The van der Waals surface area contributed by atoms with Crippen LogP contribution >= 0.6 is 0 Å². The normalized spacial score (nSPS) is 22.2. The van der Waals surface area contributed by atoms with E-state index in [0.717, 1.165) is 11.1 Å². The number of aryl methyl sites for hydroxylation is 1. The van der Waals surface area contributed by atoms with Crippen molar-refractivity contribution < 1.29 is 19.4 Å². The van der Waals surface area contributed by atoms with Crippen molar-refractivity contribution in [2.45, 2.75) is 19.4 Å². The fourth-order valence-electron chi connectivity index (χ4n) is 2.21. The number of carbonyl (C=O) groups excluding carboxylic acids is 1. The van der Waals surface area contributed by atoms with Gasteiger partial charge in [-0.15, -0.1) is 0 Å². The molecule has 1 aliphatic heterocycles. The number of aliphatic carboxylic acids is 1. The molecule has 2 unspecified atom stereocenters. The number of nitrogens with one attached hydrogen (secondary N) is 1. The number of carboxylic acid groups (broad SMARTS) is 1. The van der Waals surface area contributed by atoms with Gasteiger partial charge in [0.15, 0.2) is 0 Å². The first-order valence-corrected chi connectivity index (χ1v) is 6.21. The molecule has 1 heterocycles. The lowest BCUT2D eigenvalue weighted by atomic mass is 10.0. The van der Waals surface area contributed by atoms with Crippen molar-refractivity contribution >= 4 is 11.9 Å². The monoisotopic (exact) mass is 263 g/mol. The fourth-order valence-corrected chi connectivity index (χ4v) is 2.21. The summed E-state index contributed by atoms with van der Waals surface area (Å²) < 4.78 is 5.11. The Bertz CT molecular complexity index is 486. The van der Waals surface area contributed by atoms with Crippen molar-refractivity contribution in [3.8, 4) is 0 Å². The van der Waals surface area contributed by atoms with Crippen molar-refractivity contribution in [3.05, 3.63) is 35.4 Å². The molecule has 1 aromatic carbocycles. The molecule has 0 radical (unpaired) electrons. The Labute approximate surface area is 111 Å². The van der Waals surface area contributed by atoms with Gasteiger partial charge in [0.05, 0.1) is 25.7 Å². The van der Waals surface area contributed by atoms with E-state index >= 15 is 0 Å². The number of rotatable bonds is 4. The maximum Gasteiger partial charge on any atom is 0.311 e. The van der Waals surface area contributed by atoms with Crippen LogP contribution in [-0.2, 0) is 20.7 Å². The predicted octanol–water partition coefficient (Wildman–Crippen LogP) is 0.753. The maximum atomic E-state index is 11.9. The Morgan fingerprint density at radius 1 is 1.42 bits per heavy atom. The number of ether oxygens (including phenoxy) is 1. The number of hydrogen-bond donors (Lipinski definition) is 2. The molecule has 19 heavy (non-hydrogen) atoms. The standard InChI is InChI=1S/C14H17NO4/c1-9-3-2-4-10(5-9)6-13(16)15-12-8-19-7-11(12)14(17)18/h2-5,11-12H,6-8H2,1H3,(H,15,16)(H,17,18). The van der Waals surface area contributed by atoms with Crippen molar-refractivity contribution in [3.63, 3.8) is 0 Å². The minimum atomic E-state index is -0.932. The van der Waals surface area contributed by atoms with Gasteiger partial charge in [-0.2, -0.15) is 0 Å². The van der Waals surface area contributed by atoms with Crippen molar-refractivity contribution in [2.24, 2.45) is 5.92 Å². The third-order valence-electron chi connectivity index (χ3n) is 3.19. The topological polar surface area (TPSA) is 75.6 Å². The molecule has 1 fully saturated rings. The second-order valence-corrected chi connectivity index (χ2v) is 4.82. The van der Waals surface area contributed by atoms with Crippen LogP contribution in [0.3, 0.4) is 0 Å². The van der Waals surface area contributed by atoms with Crippen LogP contribution in [0.1, 0.15) is 11.1 Å². The molecule has 2 atom stereocenters. The summed E-state index contributed by atoms with van der Waals surface area (Å²) in [4.78, 5) is 22.9. The number of amides is 1. The second-order valence-electron chi connectivity index (χ2n) is 4.82. The second kappa shape index (κ2) is 5.84. The van der Waals surface area contributed by atoms with Gasteiger partial charge < -0.3 is 15.2 Å². The SMILES string of the molecule is Cc1cccc(CC(=O)NC2COCC2C(=O)O)c1. The highest BCUT2D eigenvalue weighted by molar-refractivity contribution is 5.80. The number of hydrogen-bond acceptors (Lipinski definition) is 3. The molecule has 2 rings (SSSR count). The molecule has 1 aromatic rings. The zero-order valence-corrected chi connectivity index (χ0v) is 10.8. The van der Waals surface area contributed by atoms with E-state index in [4.69, 9.17) is 9.84 Å². The molecule has 1 saturated heterocycles. The zero-order valence-electron chi connectivity index (χ0n) is 10.8. The summed E-state index contributed by atoms with van der Waals surface area (Å²) in [6.07, 6.45) is 0.254. The smallest absolute Gasteiger partial charge is 0.311 e. The summed E-state index contributed by atoms with van der Waals surface area (Å²) >= 11 is 0. The van der Waals surface area contributed by atoms with E-state index in [9.17, 15) is 9.59 Å². The largest absolute Gasteiger partial charge is 0.481 e. The molecular weight excluding hydrogens is 246 g/mol. The van der Waals surface area contributed by atoms with E-state index in [2.05, 4.69) is 5.32 Å². The van der Waals surface area contributed by atoms with Crippen LogP contribution in [0, 0.1) is 12.8 Å². The van der Waals surface area contributed by atoms with E-state index in [-0.39, 0.29) is 25.5 Å². The van der Waals surface area contributed by atoms with E-state index in [1.54, 1.807) is 0 Å². The lowest BCUT2D eigenvalue weighted by Gasteiger charge is -2.15. The van der Waals surface area contributed by atoms with Crippen LogP contribution in [0.15, 0.2) is 24.3 Å². The lowest BCUT2D eigenvalue weighted by molar-refractivity contribution is -0.142. The fraction of sp³-hybridized carbons (Fsp3) is 0.429. The van der Waals surface area contributed by atoms with Crippen molar-refractivity contribution in [1.29, 1.82) is 0 Å². The molecule has 1 amide bonds. The summed E-state index contributed by atoms with van der Waals surface area (Å²) in [6, 6.07) is 7.25.